The quantitative estimate of drug-likeness (QED) is 0.580. The highest BCUT2D eigenvalue weighted by Gasteiger charge is 2.12. The van der Waals surface area contributed by atoms with Crippen LogP contribution in [0.25, 0.3) is 5.65 Å². The highest BCUT2D eigenvalue weighted by Crippen LogP contribution is 2.23. The Bertz CT molecular complexity index is 768. The molecule has 0 radical (unpaired) electrons. The van der Waals surface area contributed by atoms with E-state index in [4.69, 9.17) is 0 Å². The van der Waals surface area contributed by atoms with Crippen molar-refractivity contribution in [1.82, 2.24) is 14.6 Å². The minimum absolute atomic E-state index is 0.0539. The minimum Gasteiger partial charge on any atom is -0.374 e. The summed E-state index contributed by atoms with van der Waals surface area (Å²) >= 11 is 0. The van der Waals surface area contributed by atoms with Crippen LogP contribution in [-0.4, -0.2) is 19.5 Å². The Morgan fingerprint density at radius 1 is 1.20 bits per heavy atom. The average molecular weight is 269 g/mol. The normalized spacial score (nSPS) is 10.6. The van der Waals surface area contributed by atoms with Crippen molar-refractivity contribution in [3.05, 3.63) is 64.6 Å². The topological polar surface area (TPSA) is 85.4 Å². The van der Waals surface area contributed by atoms with Gasteiger partial charge >= 0.3 is 0 Å². The third-order valence-corrected chi connectivity index (χ3v) is 2.93. The van der Waals surface area contributed by atoms with Crippen molar-refractivity contribution >= 4 is 17.0 Å². The molecular formula is C13H11N5O2. The van der Waals surface area contributed by atoms with Crippen molar-refractivity contribution in [2.75, 3.05) is 5.32 Å². The minimum atomic E-state index is -0.404. The van der Waals surface area contributed by atoms with E-state index in [0.717, 1.165) is 11.3 Å². The number of hydrogen-bond acceptors (Lipinski definition) is 5. The number of benzene rings is 1. The lowest BCUT2D eigenvalue weighted by Crippen LogP contribution is -2.07. The molecule has 0 unspecified atom stereocenters. The smallest absolute Gasteiger partial charge is 0.292 e. The van der Waals surface area contributed by atoms with Gasteiger partial charge in [0.15, 0.2) is 5.65 Å². The van der Waals surface area contributed by atoms with Crippen LogP contribution in [0.4, 0.5) is 11.4 Å². The lowest BCUT2D eigenvalue weighted by Gasteiger charge is -2.08. The van der Waals surface area contributed by atoms with Gasteiger partial charge in [0, 0.05) is 18.3 Å². The first-order valence-corrected chi connectivity index (χ1v) is 6.00. The molecular weight excluding hydrogens is 258 g/mol. The van der Waals surface area contributed by atoms with Crippen LogP contribution >= 0.6 is 0 Å². The molecule has 0 aliphatic heterocycles. The van der Waals surface area contributed by atoms with E-state index in [-0.39, 0.29) is 5.69 Å². The predicted molar refractivity (Wildman–Crippen MR) is 73.4 cm³/mol. The number of fused-ring (bicyclic) bond motifs is 1. The van der Waals surface area contributed by atoms with E-state index in [1.807, 2.05) is 6.07 Å². The fraction of sp³-hybridized carbons (Fsp3) is 0.0769. The molecule has 0 fully saturated rings. The van der Waals surface area contributed by atoms with Gasteiger partial charge in [0.2, 0.25) is 0 Å². The second-order valence-electron chi connectivity index (χ2n) is 4.17. The summed E-state index contributed by atoms with van der Waals surface area (Å²) in [5.74, 6) is 0. The Morgan fingerprint density at radius 2 is 2.05 bits per heavy atom. The van der Waals surface area contributed by atoms with Crippen LogP contribution in [0.2, 0.25) is 0 Å². The van der Waals surface area contributed by atoms with E-state index >= 15 is 0 Å². The van der Waals surface area contributed by atoms with E-state index in [2.05, 4.69) is 15.4 Å². The van der Waals surface area contributed by atoms with Crippen molar-refractivity contribution in [1.29, 1.82) is 0 Å². The summed E-state index contributed by atoms with van der Waals surface area (Å²) < 4.78 is 1.70. The number of rotatable bonds is 4. The van der Waals surface area contributed by atoms with Gasteiger partial charge in [-0.05, 0) is 12.1 Å². The van der Waals surface area contributed by atoms with Gasteiger partial charge in [0.05, 0.1) is 23.4 Å². The highest BCUT2D eigenvalue weighted by atomic mass is 16.6. The molecule has 1 N–H and O–H groups in total. The first-order chi connectivity index (χ1) is 9.75. The van der Waals surface area contributed by atoms with E-state index in [1.54, 1.807) is 41.2 Å². The molecule has 7 heteroatoms. The maximum absolute atomic E-state index is 10.9. The van der Waals surface area contributed by atoms with Crippen molar-refractivity contribution in [2.24, 2.45) is 0 Å². The van der Waals surface area contributed by atoms with Crippen molar-refractivity contribution in [2.45, 2.75) is 6.54 Å². The molecule has 0 bridgehead atoms. The maximum Gasteiger partial charge on any atom is 0.292 e. The Balaban J connectivity index is 1.87. The summed E-state index contributed by atoms with van der Waals surface area (Å²) in [5, 5.41) is 18.2. The van der Waals surface area contributed by atoms with Crippen molar-refractivity contribution < 1.29 is 4.92 Å². The predicted octanol–water partition coefficient (Wildman–Crippen LogP) is 2.25. The molecule has 0 amide bonds. The van der Waals surface area contributed by atoms with E-state index in [9.17, 15) is 10.1 Å². The van der Waals surface area contributed by atoms with Crippen molar-refractivity contribution in [3.63, 3.8) is 0 Å². The number of aromatic nitrogens is 3. The van der Waals surface area contributed by atoms with Gasteiger partial charge in [-0.15, -0.1) is 0 Å². The molecule has 0 spiro atoms. The summed E-state index contributed by atoms with van der Waals surface area (Å²) in [6.45, 7) is 0.422. The van der Waals surface area contributed by atoms with E-state index in [0.29, 0.717) is 12.2 Å². The number of nitro groups is 1. The average Bonchev–Trinajstić information content (AvgIpc) is 2.94. The second kappa shape index (κ2) is 4.96. The zero-order chi connectivity index (χ0) is 13.9. The van der Waals surface area contributed by atoms with Crippen LogP contribution in [0.1, 0.15) is 5.69 Å². The molecule has 2 heterocycles. The van der Waals surface area contributed by atoms with E-state index in [1.165, 1.54) is 6.07 Å². The number of nitro benzene ring substituents is 1. The third-order valence-electron chi connectivity index (χ3n) is 2.93. The van der Waals surface area contributed by atoms with E-state index < -0.39 is 4.92 Å². The fourth-order valence-electron chi connectivity index (χ4n) is 1.99. The molecule has 3 rings (SSSR count). The Hall–Kier alpha value is -2.96. The zero-order valence-corrected chi connectivity index (χ0v) is 10.4. The molecule has 2 aromatic heterocycles. The maximum atomic E-state index is 10.9. The monoisotopic (exact) mass is 269 g/mol. The molecule has 0 saturated carbocycles. The molecule has 3 aromatic rings. The van der Waals surface area contributed by atoms with Gasteiger partial charge < -0.3 is 5.32 Å². The molecule has 0 atom stereocenters. The van der Waals surface area contributed by atoms with Crippen LogP contribution in [0.3, 0.4) is 0 Å². The number of nitrogens with zero attached hydrogens (tertiary/aromatic N) is 4. The molecule has 1 aromatic carbocycles. The Labute approximate surface area is 114 Å². The summed E-state index contributed by atoms with van der Waals surface area (Å²) in [7, 11) is 0. The summed E-state index contributed by atoms with van der Waals surface area (Å²) in [6.07, 6.45) is 3.35. The van der Waals surface area contributed by atoms with Crippen LogP contribution in [-0.2, 0) is 6.54 Å². The number of anilines is 1. The van der Waals surface area contributed by atoms with Gasteiger partial charge in [-0.2, -0.15) is 5.10 Å². The fourth-order valence-corrected chi connectivity index (χ4v) is 1.99. The summed E-state index contributed by atoms with van der Waals surface area (Å²) in [4.78, 5) is 14.7. The molecule has 0 aliphatic rings. The van der Waals surface area contributed by atoms with Crippen LogP contribution in [0.15, 0.2) is 48.8 Å². The number of para-hydroxylation sites is 2. The lowest BCUT2D eigenvalue weighted by atomic mass is 10.2. The summed E-state index contributed by atoms with van der Waals surface area (Å²) in [5.41, 5.74) is 2.15. The van der Waals surface area contributed by atoms with Gasteiger partial charge in [-0.25, -0.2) is 9.50 Å². The summed E-state index contributed by atoms with van der Waals surface area (Å²) in [6, 6.07) is 10.2. The molecule has 0 saturated heterocycles. The van der Waals surface area contributed by atoms with Crippen LogP contribution < -0.4 is 5.32 Å². The Kier molecular flexibility index (Phi) is 3.00. The Morgan fingerprint density at radius 3 is 2.90 bits per heavy atom. The number of nitrogens with one attached hydrogen (secondary N) is 1. The SMILES string of the molecule is O=[N+]([O-])c1ccccc1NCc1ccnc2ccnn12. The molecule has 0 aliphatic carbocycles. The van der Waals surface area contributed by atoms with Gasteiger partial charge in [-0.1, -0.05) is 12.1 Å². The van der Waals surface area contributed by atoms with Gasteiger partial charge in [0.1, 0.15) is 5.69 Å². The van der Waals surface area contributed by atoms with Gasteiger partial charge in [0.25, 0.3) is 5.69 Å². The third kappa shape index (κ3) is 2.16. The van der Waals surface area contributed by atoms with Crippen LogP contribution in [0, 0.1) is 10.1 Å². The molecule has 100 valence electrons. The standard InChI is InChI=1S/C13H11N5O2/c19-18(20)12-4-2-1-3-11(12)15-9-10-5-7-14-13-6-8-16-17(10)13/h1-8,15H,9H2. The first kappa shape index (κ1) is 12.1. The largest absolute Gasteiger partial charge is 0.374 e. The van der Waals surface area contributed by atoms with Crippen molar-refractivity contribution in [3.8, 4) is 0 Å². The lowest BCUT2D eigenvalue weighted by molar-refractivity contribution is -0.384. The molecule has 20 heavy (non-hydrogen) atoms. The second-order valence-corrected chi connectivity index (χ2v) is 4.17. The number of hydrogen-bond donors (Lipinski definition) is 1. The highest BCUT2D eigenvalue weighted by molar-refractivity contribution is 5.61. The zero-order valence-electron chi connectivity index (χ0n) is 10.4. The first-order valence-electron chi connectivity index (χ1n) is 6.00. The van der Waals surface area contributed by atoms with Crippen LogP contribution in [0.5, 0.6) is 0 Å². The molecule has 7 nitrogen and oxygen atoms in total. The van der Waals surface area contributed by atoms with Gasteiger partial charge in [-0.3, -0.25) is 10.1 Å².